The van der Waals surface area contributed by atoms with Crippen molar-refractivity contribution < 1.29 is 34.0 Å². The molecule has 1 aliphatic rings. The fourth-order valence-corrected chi connectivity index (χ4v) is 3.82. The first-order chi connectivity index (χ1) is 15.3. The van der Waals surface area contributed by atoms with E-state index in [0.29, 0.717) is 17.9 Å². The van der Waals surface area contributed by atoms with Crippen molar-refractivity contribution in [3.05, 3.63) is 58.1 Å². The molecule has 0 radical (unpaired) electrons. The number of Topliss-reactive ketones (excluding diaryl/α,β-unsaturated/α-hetero) is 1. The number of hydrogen-bond acceptors (Lipinski definition) is 7. The van der Waals surface area contributed by atoms with Crippen LogP contribution >= 0.6 is 11.6 Å². The van der Waals surface area contributed by atoms with Crippen LogP contribution in [0.5, 0.6) is 17.2 Å². The molecule has 32 heavy (non-hydrogen) atoms. The number of carbonyl (C=O) groups is 2. The second kappa shape index (κ2) is 9.93. The van der Waals surface area contributed by atoms with E-state index in [9.17, 15) is 19.8 Å². The number of methoxy groups -OCH3 is 2. The first-order valence-electron chi connectivity index (χ1n) is 9.91. The lowest BCUT2D eigenvalue weighted by atomic mass is 9.95. The summed E-state index contributed by atoms with van der Waals surface area (Å²) in [6.45, 7) is 2.48. The molecule has 1 atom stereocenters. The molecule has 1 fully saturated rings. The van der Waals surface area contributed by atoms with E-state index < -0.39 is 23.5 Å². The Morgan fingerprint density at radius 3 is 2.53 bits per heavy atom. The number of hydrogen-bond donors (Lipinski definition) is 2. The fourth-order valence-electron chi connectivity index (χ4n) is 3.61. The Balaban J connectivity index is 2.21. The first-order valence-corrected chi connectivity index (χ1v) is 10.3. The minimum atomic E-state index is -0.964. The van der Waals surface area contributed by atoms with Crippen LogP contribution < -0.4 is 9.47 Å². The van der Waals surface area contributed by atoms with Gasteiger partial charge in [0.05, 0.1) is 37.0 Å². The van der Waals surface area contributed by atoms with Gasteiger partial charge in [-0.2, -0.15) is 0 Å². The van der Waals surface area contributed by atoms with E-state index in [1.54, 1.807) is 12.1 Å². The summed E-state index contributed by atoms with van der Waals surface area (Å²) in [7, 11) is 2.89. The molecule has 0 aliphatic carbocycles. The maximum Gasteiger partial charge on any atom is 0.295 e. The number of phenolic OH excluding ortho intramolecular Hbond substituents is 1. The molecule has 1 amide bonds. The van der Waals surface area contributed by atoms with E-state index in [-0.39, 0.29) is 40.8 Å². The SMILES string of the molecule is CCOc1ccc(Cl)c(/C(O)=C2\C(=O)C(=O)N(CCOC)C2c2ccc(OC)c(O)c2)c1. The maximum atomic E-state index is 13.0. The second-order valence-electron chi connectivity index (χ2n) is 6.99. The molecule has 170 valence electrons. The number of aromatic hydroxyl groups is 1. The lowest BCUT2D eigenvalue weighted by Crippen LogP contribution is -2.32. The molecule has 8 nitrogen and oxygen atoms in total. The molecular weight excluding hydrogens is 438 g/mol. The molecule has 1 aliphatic heterocycles. The van der Waals surface area contributed by atoms with Crippen molar-refractivity contribution in [3.63, 3.8) is 0 Å². The van der Waals surface area contributed by atoms with Gasteiger partial charge >= 0.3 is 0 Å². The smallest absolute Gasteiger partial charge is 0.295 e. The molecule has 2 N–H and O–H groups in total. The number of ether oxygens (including phenoxy) is 3. The van der Waals surface area contributed by atoms with Crippen molar-refractivity contribution in [2.45, 2.75) is 13.0 Å². The zero-order valence-electron chi connectivity index (χ0n) is 17.9. The third-order valence-corrected chi connectivity index (χ3v) is 5.43. The third kappa shape index (κ3) is 4.37. The fraction of sp³-hybridized carbons (Fsp3) is 0.304. The molecule has 0 saturated carbocycles. The van der Waals surface area contributed by atoms with Gasteiger partial charge in [0, 0.05) is 19.2 Å². The van der Waals surface area contributed by atoms with Crippen LogP contribution in [0.2, 0.25) is 5.02 Å². The van der Waals surface area contributed by atoms with Crippen LogP contribution in [0.15, 0.2) is 42.0 Å². The van der Waals surface area contributed by atoms with Crippen molar-refractivity contribution in [2.24, 2.45) is 0 Å². The topological polar surface area (TPSA) is 106 Å². The Hall–Kier alpha value is -3.23. The van der Waals surface area contributed by atoms with Gasteiger partial charge in [0.2, 0.25) is 0 Å². The summed E-state index contributed by atoms with van der Waals surface area (Å²) in [4.78, 5) is 27.1. The number of benzene rings is 2. The van der Waals surface area contributed by atoms with E-state index >= 15 is 0 Å². The predicted octanol–water partition coefficient (Wildman–Crippen LogP) is 3.52. The number of carbonyl (C=O) groups excluding carboxylic acids is 2. The Morgan fingerprint density at radius 1 is 1.16 bits per heavy atom. The largest absolute Gasteiger partial charge is 0.507 e. The molecule has 1 unspecified atom stereocenters. The van der Waals surface area contributed by atoms with Crippen LogP contribution in [0, 0.1) is 0 Å². The predicted molar refractivity (Wildman–Crippen MR) is 118 cm³/mol. The Kier molecular flexibility index (Phi) is 7.27. The number of nitrogens with zero attached hydrogens (tertiary/aromatic N) is 1. The second-order valence-corrected chi connectivity index (χ2v) is 7.40. The summed E-state index contributed by atoms with van der Waals surface area (Å²) < 4.78 is 15.6. The molecular formula is C23H24ClNO7. The summed E-state index contributed by atoms with van der Waals surface area (Å²) in [5.74, 6) is -1.58. The van der Waals surface area contributed by atoms with Crippen LogP contribution in [0.4, 0.5) is 0 Å². The zero-order chi connectivity index (χ0) is 23.4. The van der Waals surface area contributed by atoms with Gasteiger partial charge in [-0.05, 0) is 42.8 Å². The number of aliphatic hydroxyl groups is 1. The number of amides is 1. The standard InChI is InChI=1S/C23H24ClNO7/c1-4-32-14-6-7-16(24)15(12-14)21(27)19-20(13-5-8-18(31-3)17(26)11-13)25(9-10-30-2)23(29)22(19)28/h5-8,11-12,20,26-27H,4,9-10H2,1-3H3/b21-19+. The lowest BCUT2D eigenvalue weighted by Gasteiger charge is -2.25. The highest BCUT2D eigenvalue weighted by atomic mass is 35.5. The average molecular weight is 462 g/mol. The van der Waals surface area contributed by atoms with Crippen molar-refractivity contribution in [2.75, 3.05) is 34.0 Å². The van der Waals surface area contributed by atoms with Crippen LogP contribution in [-0.2, 0) is 14.3 Å². The molecule has 2 aromatic rings. The van der Waals surface area contributed by atoms with Gasteiger partial charge in [0.25, 0.3) is 11.7 Å². The van der Waals surface area contributed by atoms with Gasteiger partial charge in [-0.1, -0.05) is 17.7 Å². The van der Waals surface area contributed by atoms with Gasteiger partial charge in [0.1, 0.15) is 11.5 Å². The Labute approximate surface area is 190 Å². The van der Waals surface area contributed by atoms with Crippen molar-refractivity contribution in [3.8, 4) is 17.2 Å². The van der Waals surface area contributed by atoms with E-state index in [4.69, 9.17) is 25.8 Å². The molecule has 2 aromatic carbocycles. The maximum absolute atomic E-state index is 13.0. The van der Waals surface area contributed by atoms with E-state index in [1.165, 1.54) is 43.4 Å². The number of phenols is 1. The number of halogens is 1. The molecule has 0 spiro atoms. The monoisotopic (exact) mass is 461 g/mol. The number of rotatable bonds is 8. The van der Waals surface area contributed by atoms with E-state index in [0.717, 1.165) is 0 Å². The van der Waals surface area contributed by atoms with E-state index in [1.807, 2.05) is 6.92 Å². The van der Waals surface area contributed by atoms with E-state index in [2.05, 4.69) is 0 Å². The molecule has 0 bridgehead atoms. The molecule has 1 heterocycles. The van der Waals surface area contributed by atoms with Crippen LogP contribution in [0.3, 0.4) is 0 Å². The summed E-state index contributed by atoms with van der Waals surface area (Å²) in [6, 6.07) is 8.24. The van der Waals surface area contributed by atoms with Crippen LogP contribution in [0.25, 0.3) is 5.76 Å². The summed E-state index contributed by atoms with van der Waals surface area (Å²) in [5, 5.41) is 21.6. The highest BCUT2D eigenvalue weighted by Crippen LogP contribution is 2.42. The van der Waals surface area contributed by atoms with Gasteiger partial charge in [-0.3, -0.25) is 9.59 Å². The minimum Gasteiger partial charge on any atom is -0.507 e. The van der Waals surface area contributed by atoms with Crippen LogP contribution in [0.1, 0.15) is 24.1 Å². The number of ketones is 1. The molecule has 0 aromatic heterocycles. The minimum absolute atomic E-state index is 0.0992. The molecule has 3 rings (SSSR count). The summed E-state index contributed by atoms with van der Waals surface area (Å²) >= 11 is 6.30. The summed E-state index contributed by atoms with van der Waals surface area (Å²) in [6.07, 6.45) is 0. The first kappa shape index (κ1) is 23.4. The van der Waals surface area contributed by atoms with Crippen molar-refractivity contribution >= 4 is 29.1 Å². The summed E-state index contributed by atoms with van der Waals surface area (Å²) in [5.41, 5.74) is 0.425. The Morgan fingerprint density at radius 2 is 1.91 bits per heavy atom. The molecule has 9 heteroatoms. The van der Waals surface area contributed by atoms with Gasteiger partial charge in [0.15, 0.2) is 11.5 Å². The Bertz CT molecular complexity index is 1070. The lowest BCUT2D eigenvalue weighted by molar-refractivity contribution is -0.140. The van der Waals surface area contributed by atoms with Crippen molar-refractivity contribution in [1.82, 2.24) is 4.90 Å². The zero-order valence-corrected chi connectivity index (χ0v) is 18.7. The number of aliphatic hydroxyl groups excluding tert-OH is 1. The average Bonchev–Trinajstić information content (AvgIpc) is 3.03. The van der Waals surface area contributed by atoms with Gasteiger partial charge < -0.3 is 29.3 Å². The quantitative estimate of drug-likeness (QED) is 0.352. The normalized spacial score (nSPS) is 17.6. The molecule has 1 saturated heterocycles. The number of likely N-dealkylation sites (tertiary alicyclic amines) is 1. The third-order valence-electron chi connectivity index (χ3n) is 5.10. The van der Waals surface area contributed by atoms with Gasteiger partial charge in [-0.15, -0.1) is 0 Å². The van der Waals surface area contributed by atoms with Crippen LogP contribution in [-0.4, -0.2) is 60.8 Å². The van der Waals surface area contributed by atoms with Gasteiger partial charge in [-0.25, -0.2) is 0 Å². The highest BCUT2D eigenvalue weighted by Gasteiger charge is 2.46. The van der Waals surface area contributed by atoms with Crippen molar-refractivity contribution in [1.29, 1.82) is 0 Å². The highest BCUT2D eigenvalue weighted by molar-refractivity contribution is 6.47.